The molecule has 2 aromatic rings. The Bertz CT molecular complexity index is 930. The Morgan fingerprint density at radius 1 is 1.07 bits per heavy atom. The maximum absolute atomic E-state index is 12.7. The number of likely N-dealkylation sites (N-methyl/N-ethyl adjacent to an activating group) is 1. The first-order chi connectivity index (χ1) is 14.5. The number of hydrogen-bond donors (Lipinski definition) is 1. The van der Waals surface area contributed by atoms with Crippen LogP contribution in [-0.2, 0) is 10.0 Å². The van der Waals surface area contributed by atoms with Gasteiger partial charge in [-0.1, -0.05) is 13.0 Å². The van der Waals surface area contributed by atoms with E-state index in [1.807, 2.05) is 5.38 Å². The number of piperazine rings is 1. The van der Waals surface area contributed by atoms with E-state index >= 15 is 0 Å². The summed E-state index contributed by atoms with van der Waals surface area (Å²) in [5.41, 5.74) is 3.70. The molecular weight excluding hydrogens is 416 g/mol. The quantitative estimate of drug-likeness (QED) is 0.733. The first-order valence-electron chi connectivity index (χ1n) is 10.9. The van der Waals surface area contributed by atoms with Crippen LogP contribution < -0.4 is 10.2 Å². The topological polar surface area (TPSA) is 55.9 Å². The van der Waals surface area contributed by atoms with E-state index in [4.69, 9.17) is 0 Å². The molecule has 0 unspecified atom stereocenters. The molecule has 1 aromatic carbocycles. The number of piperidine rings is 1. The largest absolute Gasteiger partial charge is 0.382 e. The van der Waals surface area contributed by atoms with Crippen molar-refractivity contribution >= 4 is 32.7 Å². The van der Waals surface area contributed by atoms with Crippen molar-refractivity contribution in [1.82, 2.24) is 9.21 Å². The summed E-state index contributed by atoms with van der Waals surface area (Å²) in [6.07, 6.45) is 1.65. The van der Waals surface area contributed by atoms with Gasteiger partial charge in [0.05, 0.1) is 0 Å². The summed E-state index contributed by atoms with van der Waals surface area (Å²) in [5, 5.41) is 5.47. The number of benzene rings is 1. The Morgan fingerprint density at radius 2 is 1.80 bits per heavy atom. The van der Waals surface area contributed by atoms with Gasteiger partial charge < -0.3 is 15.1 Å². The van der Waals surface area contributed by atoms with Gasteiger partial charge in [-0.05, 0) is 61.5 Å². The number of sulfonamides is 1. The molecule has 2 fully saturated rings. The van der Waals surface area contributed by atoms with Gasteiger partial charge in [0.25, 0.3) is 10.0 Å². The highest BCUT2D eigenvalue weighted by molar-refractivity contribution is 7.91. The van der Waals surface area contributed by atoms with Gasteiger partial charge in [0.1, 0.15) is 4.21 Å². The number of rotatable bonds is 6. The average Bonchev–Trinajstić information content (AvgIpc) is 3.32. The molecule has 0 amide bonds. The van der Waals surface area contributed by atoms with Crippen LogP contribution in [0.1, 0.15) is 25.3 Å². The van der Waals surface area contributed by atoms with Crippen molar-refractivity contribution in [3.05, 3.63) is 41.3 Å². The Hall–Kier alpha value is -1.61. The summed E-state index contributed by atoms with van der Waals surface area (Å²) in [4.78, 5) is 4.96. The number of nitrogens with zero attached hydrogens (tertiary/aromatic N) is 3. The van der Waals surface area contributed by atoms with E-state index in [1.165, 1.54) is 22.6 Å². The second-order valence-electron chi connectivity index (χ2n) is 8.18. The standard InChI is InChI=1S/C22H32N4O2S2/c1-3-24-12-14-25(15-13-24)20-6-7-21(18(2)17-20)23-19-8-10-26(11-9-19)30(27,28)22-5-4-16-29-22/h4-7,16-17,19,23H,3,8-15H2,1-2H3. The lowest BCUT2D eigenvalue weighted by Gasteiger charge is -2.36. The van der Waals surface area contributed by atoms with E-state index in [-0.39, 0.29) is 0 Å². The van der Waals surface area contributed by atoms with Crippen LogP contribution in [0.3, 0.4) is 0 Å². The highest BCUT2D eigenvalue weighted by atomic mass is 32.2. The van der Waals surface area contributed by atoms with E-state index in [0.29, 0.717) is 23.3 Å². The molecule has 4 rings (SSSR count). The van der Waals surface area contributed by atoms with Crippen LogP contribution >= 0.6 is 11.3 Å². The molecule has 0 atom stereocenters. The SMILES string of the molecule is CCN1CCN(c2ccc(NC3CCN(S(=O)(=O)c4cccs4)CC3)c(C)c2)CC1. The molecule has 0 saturated carbocycles. The first-order valence-corrected chi connectivity index (χ1v) is 13.2. The van der Waals surface area contributed by atoms with Crippen molar-refractivity contribution in [1.29, 1.82) is 0 Å². The average molecular weight is 449 g/mol. The van der Waals surface area contributed by atoms with Crippen LogP contribution in [0.15, 0.2) is 39.9 Å². The maximum Gasteiger partial charge on any atom is 0.252 e. The summed E-state index contributed by atoms with van der Waals surface area (Å²) < 4.78 is 27.5. The Morgan fingerprint density at radius 3 is 2.40 bits per heavy atom. The van der Waals surface area contributed by atoms with Crippen molar-refractivity contribution in [2.75, 3.05) is 56.0 Å². The number of anilines is 2. The maximum atomic E-state index is 12.7. The summed E-state index contributed by atoms with van der Waals surface area (Å²) >= 11 is 1.29. The fourth-order valence-electron chi connectivity index (χ4n) is 4.33. The van der Waals surface area contributed by atoms with Gasteiger partial charge in [0, 0.05) is 56.7 Å². The van der Waals surface area contributed by atoms with Crippen molar-refractivity contribution < 1.29 is 8.42 Å². The van der Waals surface area contributed by atoms with Crippen molar-refractivity contribution in [2.24, 2.45) is 0 Å². The van der Waals surface area contributed by atoms with Crippen LogP contribution in [-0.4, -0.2) is 69.5 Å². The summed E-state index contributed by atoms with van der Waals surface area (Å²) in [6.45, 7) is 11.1. The van der Waals surface area contributed by atoms with Crippen molar-refractivity contribution in [2.45, 2.75) is 36.9 Å². The van der Waals surface area contributed by atoms with E-state index in [0.717, 1.165) is 51.3 Å². The normalized spacial score (nSPS) is 19.9. The zero-order valence-electron chi connectivity index (χ0n) is 17.9. The number of thiophene rings is 1. The predicted octanol–water partition coefficient (Wildman–Crippen LogP) is 3.46. The molecule has 2 aliphatic heterocycles. The fraction of sp³-hybridized carbons (Fsp3) is 0.545. The van der Waals surface area contributed by atoms with E-state index in [2.05, 4.69) is 47.2 Å². The molecule has 6 nitrogen and oxygen atoms in total. The summed E-state index contributed by atoms with van der Waals surface area (Å²) in [7, 11) is -3.33. The van der Waals surface area contributed by atoms with Gasteiger partial charge in [0.15, 0.2) is 0 Å². The number of nitrogens with one attached hydrogen (secondary N) is 1. The molecule has 164 valence electrons. The minimum absolute atomic E-state index is 0.303. The molecule has 1 aromatic heterocycles. The minimum atomic E-state index is -3.33. The molecule has 0 aliphatic carbocycles. The third kappa shape index (κ3) is 4.66. The second kappa shape index (κ2) is 9.26. The Kier molecular flexibility index (Phi) is 6.67. The van der Waals surface area contributed by atoms with Crippen LogP contribution in [0.5, 0.6) is 0 Å². The van der Waals surface area contributed by atoms with Crippen molar-refractivity contribution in [3.8, 4) is 0 Å². The third-order valence-electron chi connectivity index (χ3n) is 6.30. The highest BCUT2D eigenvalue weighted by Crippen LogP contribution is 2.28. The van der Waals surface area contributed by atoms with E-state index in [9.17, 15) is 8.42 Å². The lowest BCUT2D eigenvalue weighted by Crippen LogP contribution is -2.46. The number of hydrogen-bond acceptors (Lipinski definition) is 6. The zero-order valence-corrected chi connectivity index (χ0v) is 19.5. The van der Waals surface area contributed by atoms with Crippen LogP contribution in [0.2, 0.25) is 0 Å². The Labute approximate surface area is 184 Å². The highest BCUT2D eigenvalue weighted by Gasteiger charge is 2.30. The molecule has 8 heteroatoms. The van der Waals surface area contributed by atoms with Crippen molar-refractivity contribution in [3.63, 3.8) is 0 Å². The molecular formula is C22H32N4O2S2. The Balaban J connectivity index is 1.33. The molecule has 2 saturated heterocycles. The minimum Gasteiger partial charge on any atom is -0.382 e. The first kappa shape index (κ1) is 21.6. The second-order valence-corrected chi connectivity index (χ2v) is 11.3. The van der Waals surface area contributed by atoms with Gasteiger partial charge in [0.2, 0.25) is 0 Å². The van der Waals surface area contributed by atoms with E-state index in [1.54, 1.807) is 16.4 Å². The summed E-state index contributed by atoms with van der Waals surface area (Å²) in [6, 6.07) is 10.5. The van der Waals surface area contributed by atoms with Gasteiger partial charge in [-0.2, -0.15) is 4.31 Å². The molecule has 1 N–H and O–H groups in total. The van der Waals surface area contributed by atoms with Gasteiger partial charge in [-0.25, -0.2) is 8.42 Å². The van der Waals surface area contributed by atoms with Crippen LogP contribution in [0, 0.1) is 6.92 Å². The predicted molar refractivity (Wildman–Crippen MR) is 125 cm³/mol. The summed E-state index contributed by atoms with van der Waals surface area (Å²) in [5.74, 6) is 0. The lowest BCUT2D eigenvalue weighted by atomic mass is 10.0. The van der Waals surface area contributed by atoms with Gasteiger partial charge in [-0.15, -0.1) is 11.3 Å². The zero-order chi connectivity index (χ0) is 21.1. The van der Waals surface area contributed by atoms with Crippen LogP contribution in [0.25, 0.3) is 0 Å². The third-order valence-corrected chi connectivity index (χ3v) is 9.57. The fourth-order valence-corrected chi connectivity index (χ4v) is 6.94. The number of aryl methyl sites for hydroxylation is 1. The molecule has 0 spiro atoms. The van der Waals surface area contributed by atoms with Gasteiger partial charge in [-0.3, -0.25) is 0 Å². The molecule has 2 aliphatic rings. The van der Waals surface area contributed by atoms with Gasteiger partial charge >= 0.3 is 0 Å². The monoisotopic (exact) mass is 448 g/mol. The molecule has 3 heterocycles. The van der Waals surface area contributed by atoms with E-state index < -0.39 is 10.0 Å². The smallest absolute Gasteiger partial charge is 0.252 e. The molecule has 0 bridgehead atoms. The lowest BCUT2D eigenvalue weighted by molar-refractivity contribution is 0.271. The molecule has 0 radical (unpaired) electrons. The van der Waals surface area contributed by atoms with Crippen LogP contribution in [0.4, 0.5) is 11.4 Å². The molecule has 30 heavy (non-hydrogen) atoms.